The zero-order valence-electron chi connectivity index (χ0n) is 15.1. The zero-order chi connectivity index (χ0) is 18.8. The number of aryl methyl sites for hydroxylation is 2. The zero-order valence-corrected chi connectivity index (χ0v) is 16.0. The Bertz CT molecular complexity index is 1010. The molecule has 0 saturated heterocycles. The number of benzene rings is 1. The number of hydrogen-bond donors (Lipinski definition) is 0. The van der Waals surface area contributed by atoms with Crippen LogP contribution in [0, 0.1) is 13.8 Å². The summed E-state index contributed by atoms with van der Waals surface area (Å²) in [5, 5.41) is 0.635. The van der Waals surface area contributed by atoms with Crippen LogP contribution in [-0.4, -0.2) is 29.1 Å². The van der Waals surface area contributed by atoms with E-state index in [-0.39, 0.29) is 11.7 Å². The summed E-state index contributed by atoms with van der Waals surface area (Å²) in [7, 11) is 0. The molecule has 0 atom stereocenters. The first-order chi connectivity index (χ1) is 13.1. The first-order valence-electron chi connectivity index (χ1n) is 8.65. The van der Waals surface area contributed by atoms with Crippen LogP contribution in [-0.2, 0) is 20.8 Å². The molecule has 0 unspecified atom stereocenters. The largest absolute Gasteiger partial charge is 0.494 e. The standard InChI is InChI=1S/C20H19N3O3S/c1-13-3-4-17-18(14(13)2)22-20(27-17)23(11-15-5-7-21-8-6-15)19(24)16-12-25-9-10-26-16/h3-8,12H,9-11H2,1-2H3. The maximum absolute atomic E-state index is 13.1. The fourth-order valence-corrected chi connectivity index (χ4v) is 3.86. The number of anilines is 1. The van der Waals surface area contributed by atoms with E-state index in [4.69, 9.17) is 14.5 Å². The molecule has 3 heterocycles. The lowest BCUT2D eigenvalue weighted by Gasteiger charge is -2.23. The number of nitrogens with zero attached hydrogens (tertiary/aromatic N) is 3. The second kappa shape index (κ2) is 7.36. The number of carbonyl (C=O) groups excluding carboxylic acids is 1. The second-order valence-electron chi connectivity index (χ2n) is 6.30. The van der Waals surface area contributed by atoms with Crippen molar-refractivity contribution in [3.63, 3.8) is 0 Å². The average Bonchev–Trinajstić information content (AvgIpc) is 3.15. The predicted octanol–water partition coefficient (Wildman–Crippen LogP) is 3.73. The van der Waals surface area contributed by atoms with E-state index < -0.39 is 0 Å². The van der Waals surface area contributed by atoms with Crippen molar-refractivity contribution in [1.82, 2.24) is 9.97 Å². The fourth-order valence-electron chi connectivity index (χ4n) is 2.84. The number of amides is 1. The normalized spacial score (nSPS) is 13.6. The summed E-state index contributed by atoms with van der Waals surface area (Å²) >= 11 is 1.49. The van der Waals surface area contributed by atoms with Gasteiger partial charge in [0.05, 0.1) is 16.8 Å². The van der Waals surface area contributed by atoms with Crippen LogP contribution in [0.5, 0.6) is 0 Å². The minimum Gasteiger partial charge on any atom is -0.494 e. The molecule has 0 saturated carbocycles. The first-order valence-corrected chi connectivity index (χ1v) is 9.47. The van der Waals surface area contributed by atoms with Crippen molar-refractivity contribution in [2.24, 2.45) is 0 Å². The lowest BCUT2D eigenvalue weighted by Crippen LogP contribution is -2.33. The molecule has 1 aliphatic rings. The molecule has 0 fully saturated rings. The Balaban J connectivity index is 1.76. The Morgan fingerprint density at radius 2 is 2.00 bits per heavy atom. The van der Waals surface area contributed by atoms with Gasteiger partial charge in [-0.1, -0.05) is 17.4 Å². The van der Waals surface area contributed by atoms with Crippen molar-refractivity contribution in [2.45, 2.75) is 20.4 Å². The Labute approximate surface area is 161 Å². The molecule has 0 bridgehead atoms. The molecule has 138 valence electrons. The van der Waals surface area contributed by atoms with E-state index in [9.17, 15) is 4.79 Å². The van der Waals surface area contributed by atoms with Gasteiger partial charge in [-0.05, 0) is 48.7 Å². The highest BCUT2D eigenvalue weighted by atomic mass is 32.1. The molecular weight excluding hydrogens is 362 g/mol. The number of hydrogen-bond acceptors (Lipinski definition) is 6. The number of fused-ring (bicyclic) bond motifs is 1. The van der Waals surface area contributed by atoms with Gasteiger partial charge in [-0.2, -0.15) is 0 Å². The Morgan fingerprint density at radius 1 is 1.19 bits per heavy atom. The number of aromatic nitrogens is 2. The topological polar surface area (TPSA) is 64.6 Å². The maximum atomic E-state index is 13.1. The van der Waals surface area contributed by atoms with Crippen molar-refractivity contribution >= 4 is 32.6 Å². The molecule has 27 heavy (non-hydrogen) atoms. The molecule has 0 spiro atoms. The third-order valence-corrected chi connectivity index (χ3v) is 5.54. The molecule has 7 heteroatoms. The van der Waals surface area contributed by atoms with E-state index in [1.807, 2.05) is 18.2 Å². The van der Waals surface area contributed by atoms with Gasteiger partial charge in [-0.15, -0.1) is 0 Å². The SMILES string of the molecule is Cc1ccc2sc(N(Cc3ccncc3)C(=O)C3=COCCO3)nc2c1C. The average molecular weight is 381 g/mol. The number of pyridine rings is 1. The van der Waals surface area contributed by atoms with Gasteiger partial charge in [0.25, 0.3) is 5.91 Å². The smallest absolute Gasteiger partial charge is 0.298 e. The third-order valence-electron chi connectivity index (χ3n) is 4.50. The lowest BCUT2D eigenvalue weighted by molar-refractivity contribution is -0.119. The quantitative estimate of drug-likeness (QED) is 0.689. The Hall–Kier alpha value is -2.93. The van der Waals surface area contributed by atoms with Gasteiger partial charge in [0.15, 0.2) is 5.13 Å². The second-order valence-corrected chi connectivity index (χ2v) is 7.31. The molecule has 0 N–H and O–H groups in total. The predicted molar refractivity (Wildman–Crippen MR) is 105 cm³/mol. The molecule has 1 aromatic carbocycles. The van der Waals surface area contributed by atoms with Crippen LogP contribution >= 0.6 is 11.3 Å². The first kappa shape index (κ1) is 17.5. The summed E-state index contributed by atoms with van der Waals surface area (Å²) in [6.45, 7) is 5.29. The van der Waals surface area contributed by atoms with Crippen molar-refractivity contribution in [3.8, 4) is 0 Å². The summed E-state index contributed by atoms with van der Waals surface area (Å²) in [5.41, 5.74) is 4.20. The molecule has 0 radical (unpaired) electrons. The highest BCUT2D eigenvalue weighted by Crippen LogP contribution is 2.33. The van der Waals surface area contributed by atoms with Crippen molar-refractivity contribution in [1.29, 1.82) is 0 Å². The van der Waals surface area contributed by atoms with Crippen molar-refractivity contribution in [2.75, 3.05) is 18.1 Å². The number of ether oxygens (including phenoxy) is 2. The molecule has 2 aromatic heterocycles. The van der Waals surface area contributed by atoms with Gasteiger partial charge in [0.2, 0.25) is 5.76 Å². The number of thiazole rings is 1. The van der Waals surface area contributed by atoms with Crippen LogP contribution in [0.2, 0.25) is 0 Å². The Morgan fingerprint density at radius 3 is 2.74 bits per heavy atom. The molecule has 3 aromatic rings. The monoisotopic (exact) mass is 381 g/mol. The number of carbonyl (C=O) groups is 1. The van der Waals surface area contributed by atoms with Crippen LogP contribution in [0.4, 0.5) is 5.13 Å². The van der Waals surface area contributed by atoms with Crippen LogP contribution in [0.3, 0.4) is 0 Å². The van der Waals surface area contributed by atoms with Crippen molar-refractivity contribution in [3.05, 3.63) is 65.4 Å². The van der Waals surface area contributed by atoms with Gasteiger partial charge < -0.3 is 9.47 Å². The van der Waals surface area contributed by atoms with Gasteiger partial charge >= 0.3 is 0 Å². The molecule has 1 aliphatic heterocycles. The van der Waals surface area contributed by atoms with Gasteiger partial charge in [0.1, 0.15) is 19.5 Å². The summed E-state index contributed by atoms with van der Waals surface area (Å²) in [5.74, 6) is -0.0672. The van der Waals surface area contributed by atoms with Crippen molar-refractivity contribution < 1.29 is 14.3 Å². The number of rotatable bonds is 4. The van der Waals surface area contributed by atoms with E-state index in [0.717, 1.165) is 21.3 Å². The molecule has 1 amide bonds. The highest BCUT2D eigenvalue weighted by Gasteiger charge is 2.26. The van der Waals surface area contributed by atoms with E-state index in [2.05, 4.69) is 24.9 Å². The third kappa shape index (κ3) is 3.50. The Kier molecular flexibility index (Phi) is 4.77. The summed E-state index contributed by atoms with van der Waals surface area (Å²) in [6, 6.07) is 7.90. The van der Waals surface area contributed by atoms with Gasteiger partial charge in [-0.25, -0.2) is 4.98 Å². The molecule has 4 rings (SSSR count). The van der Waals surface area contributed by atoms with E-state index in [1.54, 1.807) is 17.3 Å². The van der Waals surface area contributed by atoms with Crippen LogP contribution in [0.25, 0.3) is 10.2 Å². The van der Waals surface area contributed by atoms with Gasteiger partial charge in [0, 0.05) is 12.4 Å². The summed E-state index contributed by atoms with van der Waals surface area (Å²) < 4.78 is 11.8. The van der Waals surface area contributed by atoms with Gasteiger partial charge in [-0.3, -0.25) is 14.7 Å². The van der Waals surface area contributed by atoms with Crippen LogP contribution in [0.15, 0.2) is 48.7 Å². The van der Waals surface area contributed by atoms with Crippen LogP contribution in [0.1, 0.15) is 16.7 Å². The molecular formula is C20H19N3O3S. The van der Waals surface area contributed by atoms with E-state index in [0.29, 0.717) is 24.9 Å². The lowest BCUT2D eigenvalue weighted by atomic mass is 10.1. The summed E-state index contributed by atoms with van der Waals surface area (Å²) in [4.78, 5) is 23.6. The molecule has 6 nitrogen and oxygen atoms in total. The maximum Gasteiger partial charge on any atom is 0.298 e. The van der Waals surface area contributed by atoms with E-state index >= 15 is 0 Å². The van der Waals surface area contributed by atoms with Crippen LogP contribution < -0.4 is 4.90 Å². The fraction of sp³-hybridized carbons (Fsp3) is 0.250. The molecule has 0 aliphatic carbocycles. The minimum absolute atomic E-state index is 0.197. The summed E-state index contributed by atoms with van der Waals surface area (Å²) in [6.07, 6.45) is 4.81. The van der Waals surface area contributed by atoms with E-state index in [1.165, 1.54) is 23.2 Å². The minimum atomic E-state index is -0.264. The highest BCUT2D eigenvalue weighted by molar-refractivity contribution is 7.22.